The molecule has 4 aromatic rings. The minimum absolute atomic E-state index is 0.0569. The number of nitro groups is 1. The minimum Gasteiger partial charge on any atom is -0.455 e. The number of nitrogens with zero attached hydrogens (tertiary/aromatic N) is 3. The van der Waals surface area contributed by atoms with Gasteiger partial charge in [-0.15, -0.1) is 0 Å². The Labute approximate surface area is 162 Å². The Morgan fingerprint density at radius 2 is 2.07 bits per heavy atom. The fourth-order valence-corrected chi connectivity index (χ4v) is 3.48. The first-order valence-electron chi connectivity index (χ1n) is 7.79. The molecule has 0 radical (unpaired) electrons. The van der Waals surface area contributed by atoms with Gasteiger partial charge in [-0.1, -0.05) is 35.1 Å². The number of non-ortho nitro benzene ring substituents is 1. The molecule has 0 aliphatic rings. The number of hydrazone groups is 1. The van der Waals surface area contributed by atoms with Crippen molar-refractivity contribution < 1.29 is 9.34 Å². The van der Waals surface area contributed by atoms with Crippen LogP contribution in [0.2, 0.25) is 5.02 Å². The Hall–Kier alpha value is -3.23. The van der Waals surface area contributed by atoms with E-state index >= 15 is 0 Å². The lowest BCUT2D eigenvalue weighted by atomic mass is 10.1. The van der Waals surface area contributed by atoms with Gasteiger partial charge in [0.05, 0.1) is 26.4 Å². The molecule has 0 amide bonds. The second kappa shape index (κ2) is 7.18. The highest BCUT2D eigenvalue weighted by atomic mass is 35.5. The van der Waals surface area contributed by atoms with Crippen molar-refractivity contribution in [3.8, 4) is 11.3 Å². The number of halogens is 1. The predicted octanol–water partition coefficient (Wildman–Crippen LogP) is 5.56. The van der Waals surface area contributed by atoms with Crippen molar-refractivity contribution in [2.75, 3.05) is 5.43 Å². The van der Waals surface area contributed by atoms with Gasteiger partial charge < -0.3 is 4.42 Å². The zero-order chi connectivity index (χ0) is 18.8. The molecule has 2 heterocycles. The summed E-state index contributed by atoms with van der Waals surface area (Å²) in [5, 5.41) is 16.1. The number of nitrogens with one attached hydrogen (secondary N) is 1. The average Bonchev–Trinajstić information content (AvgIpc) is 3.28. The largest absolute Gasteiger partial charge is 0.455 e. The molecule has 4 rings (SSSR count). The second-order valence-corrected chi connectivity index (χ2v) is 6.92. The third-order valence-electron chi connectivity index (χ3n) is 3.70. The topological polar surface area (TPSA) is 93.6 Å². The van der Waals surface area contributed by atoms with Crippen molar-refractivity contribution in [1.82, 2.24) is 4.98 Å². The van der Waals surface area contributed by atoms with Gasteiger partial charge in [0.25, 0.3) is 5.69 Å². The van der Waals surface area contributed by atoms with Gasteiger partial charge in [0, 0.05) is 17.7 Å². The Morgan fingerprint density at radius 1 is 1.22 bits per heavy atom. The molecular formula is C18H11ClN4O3S. The lowest BCUT2D eigenvalue weighted by molar-refractivity contribution is -0.384. The van der Waals surface area contributed by atoms with E-state index in [4.69, 9.17) is 16.0 Å². The van der Waals surface area contributed by atoms with E-state index in [-0.39, 0.29) is 5.69 Å². The summed E-state index contributed by atoms with van der Waals surface area (Å²) in [6, 6.07) is 15.4. The number of hydrogen-bond acceptors (Lipinski definition) is 7. The van der Waals surface area contributed by atoms with E-state index in [9.17, 15) is 10.1 Å². The molecule has 7 nitrogen and oxygen atoms in total. The Kier molecular flexibility index (Phi) is 4.57. The molecule has 0 spiro atoms. The van der Waals surface area contributed by atoms with E-state index in [0.717, 1.165) is 10.2 Å². The number of furan rings is 1. The highest BCUT2D eigenvalue weighted by Gasteiger charge is 2.14. The summed E-state index contributed by atoms with van der Waals surface area (Å²) in [5.74, 6) is 0.895. The van der Waals surface area contributed by atoms with Crippen molar-refractivity contribution >= 4 is 50.2 Å². The number of nitro benzene ring substituents is 1. The van der Waals surface area contributed by atoms with Crippen LogP contribution in [0.15, 0.2) is 64.1 Å². The molecule has 27 heavy (non-hydrogen) atoms. The summed E-state index contributed by atoms with van der Waals surface area (Å²) in [4.78, 5) is 14.9. The number of aromatic nitrogens is 1. The molecule has 2 aromatic heterocycles. The van der Waals surface area contributed by atoms with Crippen molar-refractivity contribution in [2.24, 2.45) is 5.10 Å². The van der Waals surface area contributed by atoms with Crippen molar-refractivity contribution in [3.05, 3.63) is 75.5 Å². The Morgan fingerprint density at radius 3 is 2.89 bits per heavy atom. The molecule has 0 aliphatic heterocycles. The third-order valence-corrected chi connectivity index (χ3v) is 4.97. The first-order chi connectivity index (χ1) is 13.1. The monoisotopic (exact) mass is 398 g/mol. The summed E-state index contributed by atoms with van der Waals surface area (Å²) in [7, 11) is 0. The molecular weight excluding hydrogens is 388 g/mol. The van der Waals surface area contributed by atoms with Crippen LogP contribution < -0.4 is 5.43 Å². The Balaban J connectivity index is 1.52. The zero-order valence-corrected chi connectivity index (χ0v) is 15.2. The van der Waals surface area contributed by atoms with E-state index in [1.165, 1.54) is 35.8 Å². The number of para-hydroxylation sites is 1. The van der Waals surface area contributed by atoms with Gasteiger partial charge in [0.2, 0.25) is 5.13 Å². The molecule has 2 aromatic carbocycles. The summed E-state index contributed by atoms with van der Waals surface area (Å²) in [6.07, 6.45) is 1.50. The molecule has 134 valence electrons. The minimum atomic E-state index is -0.479. The van der Waals surface area contributed by atoms with Crippen LogP contribution in [-0.4, -0.2) is 16.1 Å². The third kappa shape index (κ3) is 3.67. The molecule has 0 aliphatic carbocycles. The predicted molar refractivity (Wildman–Crippen MR) is 107 cm³/mol. The first kappa shape index (κ1) is 17.2. The van der Waals surface area contributed by atoms with Crippen LogP contribution in [0.3, 0.4) is 0 Å². The smallest absolute Gasteiger partial charge is 0.270 e. The number of thiazole rings is 1. The van der Waals surface area contributed by atoms with Crippen LogP contribution in [0.25, 0.3) is 21.5 Å². The maximum absolute atomic E-state index is 10.9. The highest BCUT2D eigenvalue weighted by Crippen LogP contribution is 2.32. The van der Waals surface area contributed by atoms with E-state index < -0.39 is 4.92 Å². The molecule has 0 unspecified atom stereocenters. The summed E-state index contributed by atoms with van der Waals surface area (Å²) in [5.41, 5.74) is 4.16. The molecule has 0 saturated carbocycles. The Bertz CT molecular complexity index is 1140. The molecule has 0 atom stereocenters. The van der Waals surface area contributed by atoms with Gasteiger partial charge in [-0.05, 0) is 30.3 Å². The fourth-order valence-electron chi connectivity index (χ4n) is 2.45. The molecule has 0 saturated heterocycles. The van der Waals surface area contributed by atoms with Gasteiger partial charge in [0.1, 0.15) is 11.5 Å². The van der Waals surface area contributed by atoms with Crippen LogP contribution in [-0.2, 0) is 0 Å². The van der Waals surface area contributed by atoms with E-state index in [2.05, 4.69) is 15.5 Å². The van der Waals surface area contributed by atoms with Gasteiger partial charge in [0.15, 0.2) is 0 Å². The van der Waals surface area contributed by atoms with Crippen LogP contribution in [0.1, 0.15) is 5.76 Å². The van der Waals surface area contributed by atoms with Crippen LogP contribution >= 0.6 is 22.9 Å². The SMILES string of the molecule is O=[N+]([O-])c1ccc(Cl)c(-c2ccc(/C=N\Nc3nc4ccccc4s3)o2)c1. The fraction of sp³-hybridized carbons (Fsp3) is 0. The van der Waals surface area contributed by atoms with Crippen LogP contribution in [0.5, 0.6) is 0 Å². The maximum Gasteiger partial charge on any atom is 0.270 e. The number of rotatable bonds is 5. The molecule has 0 fully saturated rings. The number of anilines is 1. The first-order valence-corrected chi connectivity index (χ1v) is 8.98. The van der Waals surface area contributed by atoms with Gasteiger partial charge in [-0.3, -0.25) is 15.5 Å². The number of hydrogen-bond donors (Lipinski definition) is 1. The maximum atomic E-state index is 10.9. The highest BCUT2D eigenvalue weighted by molar-refractivity contribution is 7.22. The van der Waals surface area contributed by atoms with Gasteiger partial charge >= 0.3 is 0 Å². The summed E-state index contributed by atoms with van der Waals surface area (Å²) >= 11 is 7.63. The summed E-state index contributed by atoms with van der Waals surface area (Å²) < 4.78 is 6.73. The lowest BCUT2D eigenvalue weighted by Gasteiger charge is -2.00. The van der Waals surface area contributed by atoms with E-state index in [0.29, 0.717) is 27.2 Å². The number of benzene rings is 2. The van der Waals surface area contributed by atoms with Crippen LogP contribution in [0, 0.1) is 10.1 Å². The quantitative estimate of drug-likeness (QED) is 0.269. The molecule has 0 bridgehead atoms. The second-order valence-electron chi connectivity index (χ2n) is 5.48. The molecule has 9 heteroatoms. The lowest BCUT2D eigenvalue weighted by Crippen LogP contribution is -1.89. The van der Waals surface area contributed by atoms with E-state index in [1.54, 1.807) is 12.1 Å². The zero-order valence-electron chi connectivity index (χ0n) is 13.6. The van der Waals surface area contributed by atoms with E-state index in [1.807, 2.05) is 24.3 Å². The van der Waals surface area contributed by atoms with Gasteiger partial charge in [-0.25, -0.2) is 4.98 Å². The van der Waals surface area contributed by atoms with Crippen molar-refractivity contribution in [3.63, 3.8) is 0 Å². The number of fused-ring (bicyclic) bond motifs is 1. The van der Waals surface area contributed by atoms with Gasteiger partial charge in [-0.2, -0.15) is 5.10 Å². The van der Waals surface area contributed by atoms with Crippen LogP contribution in [0.4, 0.5) is 10.8 Å². The van der Waals surface area contributed by atoms with Crippen molar-refractivity contribution in [1.29, 1.82) is 0 Å². The summed E-state index contributed by atoms with van der Waals surface area (Å²) in [6.45, 7) is 0. The normalized spacial score (nSPS) is 11.3. The standard InChI is InChI=1S/C18H11ClN4O3S/c19-14-7-5-11(23(24)25)9-13(14)16-8-6-12(26-16)10-20-22-18-21-15-3-1-2-4-17(15)27-18/h1-10H,(H,21,22)/b20-10-. The average molecular weight is 399 g/mol. The van der Waals surface area contributed by atoms with Crippen molar-refractivity contribution in [2.45, 2.75) is 0 Å². The molecule has 1 N–H and O–H groups in total.